The summed E-state index contributed by atoms with van der Waals surface area (Å²) in [4.78, 5) is 0. The first-order chi connectivity index (χ1) is 14.7. The second-order valence-corrected chi connectivity index (χ2v) is 7.45. The molecule has 160 valence electrons. The molecule has 0 amide bonds. The van der Waals surface area contributed by atoms with Crippen molar-refractivity contribution in [1.82, 2.24) is 5.32 Å². The Morgan fingerprint density at radius 2 is 1.48 bits per heavy atom. The molecule has 0 aliphatic rings. The van der Waals surface area contributed by atoms with Crippen LogP contribution in [0.2, 0.25) is 0 Å². The summed E-state index contributed by atoms with van der Waals surface area (Å²) in [6.07, 6.45) is 0. The minimum atomic E-state index is 0. The van der Waals surface area contributed by atoms with Gasteiger partial charge in [0.05, 0.1) is 7.11 Å². The van der Waals surface area contributed by atoms with Crippen molar-refractivity contribution in [3.05, 3.63) is 107 Å². The summed E-state index contributed by atoms with van der Waals surface area (Å²) in [6, 6.07) is 29.2. The van der Waals surface area contributed by atoms with Crippen molar-refractivity contribution in [2.75, 3.05) is 7.11 Å². The molecule has 0 unspecified atom stereocenters. The molecule has 0 spiro atoms. The normalized spacial score (nSPS) is 10.5. The Bertz CT molecular complexity index is 1130. The largest absolute Gasteiger partial charge is 0.496 e. The van der Waals surface area contributed by atoms with E-state index in [1.165, 1.54) is 27.5 Å². The first kappa shape index (κ1) is 22.7. The number of para-hydroxylation sites is 1. The summed E-state index contributed by atoms with van der Waals surface area (Å²) < 4.78 is 11.7. The lowest BCUT2D eigenvalue weighted by molar-refractivity contribution is 0.302. The van der Waals surface area contributed by atoms with E-state index >= 15 is 0 Å². The highest BCUT2D eigenvalue weighted by Gasteiger charge is 2.10. The molecule has 4 heteroatoms. The molecule has 0 aromatic heterocycles. The Balaban J connectivity index is 0.00000272. The molecule has 0 saturated heterocycles. The number of fused-ring (bicyclic) bond motifs is 1. The predicted octanol–water partition coefficient (Wildman–Crippen LogP) is 6.45. The molecule has 4 aromatic carbocycles. The van der Waals surface area contributed by atoms with Crippen LogP contribution in [0.4, 0.5) is 0 Å². The first-order valence-corrected chi connectivity index (χ1v) is 10.3. The van der Waals surface area contributed by atoms with Gasteiger partial charge in [0, 0.05) is 24.2 Å². The lowest BCUT2D eigenvalue weighted by atomic mass is 10.0. The van der Waals surface area contributed by atoms with Gasteiger partial charge in [-0.15, -0.1) is 12.4 Å². The third-order valence-electron chi connectivity index (χ3n) is 5.32. The van der Waals surface area contributed by atoms with Crippen molar-refractivity contribution in [3.8, 4) is 11.5 Å². The van der Waals surface area contributed by atoms with E-state index in [-0.39, 0.29) is 12.4 Å². The second kappa shape index (κ2) is 10.9. The topological polar surface area (TPSA) is 30.5 Å². The van der Waals surface area contributed by atoms with E-state index in [9.17, 15) is 0 Å². The van der Waals surface area contributed by atoms with Gasteiger partial charge in [0.2, 0.25) is 0 Å². The molecule has 3 nitrogen and oxygen atoms in total. The van der Waals surface area contributed by atoms with Gasteiger partial charge < -0.3 is 14.8 Å². The van der Waals surface area contributed by atoms with Crippen LogP contribution in [0.25, 0.3) is 10.8 Å². The van der Waals surface area contributed by atoms with Gasteiger partial charge in [-0.3, -0.25) is 0 Å². The van der Waals surface area contributed by atoms with E-state index in [1.54, 1.807) is 7.11 Å². The van der Waals surface area contributed by atoms with Gasteiger partial charge in [0.15, 0.2) is 0 Å². The molecule has 4 rings (SSSR count). The third-order valence-corrected chi connectivity index (χ3v) is 5.32. The maximum atomic E-state index is 6.25. The minimum Gasteiger partial charge on any atom is -0.496 e. The highest BCUT2D eigenvalue weighted by molar-refractivity contribution is 5.87. The Kier molecular flexibility index (Phi) is 7.94. The van der Waals surface area contributed by atoms with Gasteiger partial charge in [-0.2, -0.15) is 0 Å². The fraction of sp³-hybridized carbons (Fsp3) is 0.185. The molecular formula is C27H28ClNO2. The fourth-order valence-corrected chi connectivity index (χ4v) is 3.65. The van der Waals surface area contributed by atoms with Crippen molar-refractivity contribution < 1.29 is 9.47 Å². The van der Waals surface area contributed by atoms with Crippen LogP contribution in [0.5, 0.6) is 11.5 Å². The standard InChI is InChI=1S/C27H27NO2.ClH/c1-20-11-13-21(14-12-20)19-30-27-16-15-22-7-3-5-9-24(22)25(27)18-28-17-23-8-4-6-10-26(23)29-2;/h3-16,28H,17-19H2,1-2H3;1H. The van der Waals surface area contributed by atoms with Crippen molar-refractivity contribution in [2.24, 2.45) is 0 Å². The van der Waals surface area contributed by atoms with Crippen LogP contribution < -0.4 is 14.8 Å². The Labute approximate surface area is 190 Å². The lowest BCUT2D eigenvalue weighted by Gasteiger charge is -2.16. The quantitative estimate of drug-likeness (QED) is 0.346. The maximum Gasteiger partial charge on any atom is 0.124 e. The molecule has 0 heterocycles. The average molecular weight is 434 g/mol. The van der Waals surface area contributed by atoms with Crippen LogP contribution in [0.3, 0.4) is 0 Å². The summed E-state index contributed by atoms with van der Waals surface area (Å²) in [5.41, 5.74) is 4.74. The molecule has 1 N–H and O–H groups in total. The number of ether oxygens (including phenoxy) is 2. The average Bonchev–Trinajstić information content (AvgIpc) is 2.79. The monoisotopic (exact) mass is 433 g/mol. The van der Waals surface area contributed by atoms with Crippen molar-refractivity contribution in [1.29, 1.82) is 0 Å². The molecular weight excluding hydrogens is 406 g/mol. The number of hydrogen-bond donors (Lipinski definition) is 1. The van der Waals surface area contributed by atoms with Gasteiger partial charge in [-0.1, -0.05) is 78.4 Å². The number of halogens is 1. The molecule has 0 saturated carbocycles. The van der Waals surface area contributed by atoms with Crippen LogP contribution in [0.1, 0.15) is 22.3 Å². The summed E-state index contributed by atoms with van der Waals surface area (Å²) in [5.74, 6) is 1.82. The van der Waals surface area contributed by atoms with Crippen LogP contribution in [0, 0.1) is 6.92 Å². The Morgan fingerprint density at radius 1 is 0.742 bits per heavy atom. The van der Waals surface area contributed by atoms with Crippen molar-refractivity contribution in [3.63, 3.8) is 0 Å². The number of rotatable bonds is 8. The summed E-state index contributed by atoms with van der Waals surface area (Å²) >= 11 is 0. The van der Waals surface area contributed by atoms with E-state index in [1.807, 2.05) is 18.2 Å². The molecule has 0 atom stereocenters. The number of aryl methyl sites for hydroxylation is 1. The van der Waals surface area contributed by atoms with E-state index in [4.69, 9.17) is 9.47 Å². The molecule has 0 aliphatic heterocycles. The summed E-state index contributed by atoms with van der Waals surface area (Å²) in [7, 11) is 1.71. The van der Waals surface area contributed by atoms with Gasteiger partial charge in [-0.05, 0) is 35.4 Å². The SMILES string of the molecule is COc1ccccc1CNCc1c(OCc2ccc(C)cc2)ccc2ccccc12.Cl. The second-order valence-electron chi connectivity index (χ2n) is 7.45. The number of hydrogen-bond acceptors (Lipinski definition) is 3. The van der Waals surface area contributed by atoms with Gasteiger partial charge >= 0.3 is 0 Å². The van der Waals surface area contributed by atoms with Gasteiger partial charge in [-0.25, -0.2) is 0 Å². The summed E-state index contributed by atoms with van der Waals surface area (Å²) in [6.45, 7) is 4.09. The zero-order chi connectivity index (χ0) is 20.8. The van der Waals surface area contributed by atoms with Crippen molar-refractivity contribution >= 4 is 23.2 Å². The first-order valence-electron chi connectivity index (χ1n) is 10.3. The van der Waals surface area contributed by atoms with Crippen molar-refractivity contribution in [2.45, 2.75) is 26.6 Å². The maximum absolute atomic E-state index is 6.25. The summed E-state index contributed by atoms with van der Waals surface area (Å²) in [5, 5.41) is 6.00. The highest BCUT2D eigenvalue weighted by atomic mass is 35.5. The van der Waals surface area contributed by atoms with Crippen LogP contribution in [-0.2, 0) is 19.7 Å². The molecule has 0 aliphatic carbocycles. The minimum absolute atomic E-state index is 0. The van der Waals surface area contributed by atoms with E-state index in [0.29, 0.717) is 13.2 Å². The van der Waals surface area contributed by atoms with Crippen LogP contribution in [0.15, 0.2) is 84.9 Å². The Morgan fingerprint density at radius 3 is 2.29 bits per heavy atom. The highest BCUT2D eigenvalue weighted by Crippen LogP contribution is 2.29. The lowest BCUT2D eigenvalue weighted by Crippen LogP contribution is -2.14. The zero-order valence-corrected chi connectivity index (χ0v) is 18.7. The van der Waals surface area contributed by atoms with Crippen LogP contribution in [-0.4, -0.2) is 7.11 Å². The fourth-order valence-electron chi connectivity index (χ4n) is 3.65. The molecule has 31 heavy (non-hydrogen) atoms. The van der Waals surface area contributed by atoms with Gasteiger partial charge in [0.25, 0.3) is 0 Å². The predicted molar refractivity (Wildman–Crippen MR) is 130 cm³/mol. The molecule has 0 bridgehead atoms. The van der Waals surface area contributed by atoms with Gasteiger partial charge in [0.1, 0.15) is 18.1 Å². The Hall–Kier alpha value is -3.01. The molecule has 0 fully saturated rings. The van der Waals surface area contributed by atoms with E-state index in [0.717, 1.165) is 23.6 Å². The molecule has 4 aromatic rings. The van der Waals surface area contributed by atoms with Crippen LogP contribution >= 0.6 is 12.4 Å². The number of methoxy groups -OCH3 is 1. The molecule has 0 radical (unpaired) electrons. The zero-order valence-electron chi connectivity index (χ0n) is 17.9. The smallest absolute Gasteiger partial charge is 0.124 e. The van der Waals surface area contributed by atoms with E-state index in [2.05, 4.69) is 79.0 Å². The third kappa shape index (κ3) is 5.57. The number of nitrogens with one attached hydrogen (secondary N) is 1. The number of benzene rings is 4. The van der Waals surface area contributed by atoms with E-state index < -0.39 is 0 Å².